The second-order valence-electron chi connectivity index (χ2n) is 26.8. The molecule has 1 aliphatic heterocycles. The van der Waals surface area contributed by atoms with E-state index >= 15 is 0 Å². The van der Waals surface area contributed by atoms with Gasteiger partial charge in [-0.1, -0.05) is 392 Å². The molecule has 6 N–H and O–H groups in total. The van der Waals surface area contributed by atoms with Gasteiger partial charge in [-0.15, -0.1) is 0 Å². The minimum Gasteiger partial charge on any atom is -0.394 e. The molecule has 84 heavy (non-hydrogen) atoms. The molecule has 0 bridgehead atoms. The summed E-state index contributed by atoms with van der Waals surface area (Å²) < 4.78 is 11.3. The van der Waals surface area contributed by atoms with Crippen LogP contribution in [0.1, 0.15) is 406 Å². The zero-order valence-electron chi connectivity index (χ0n) is 56.2. The van der Waals surface area contributed by atoms with Crippen molar-refractivity contribution in [2.24, 2.45) is 0 Å². The highest BCUT2D eigenvalue weighted by Crippen LogP contribution is 2.24. The lowest BCUT2D eigenvalue weighted by atomic mass is 9.99. The Labute approximate surface area is 522 Å². The molecule has 7 atom stereocenters. The Balaban J connectivity index is 2.08. The van der Waals surface area contributed by atoms with E-state index in [0.717, 1.165) is 38.5 Å². The van der Waals surface area contributed by atoms with E-state index in [2.05, 4.69) is 19.2 Å². The fourth-order valence-corrected chi connectivity index (χ4v) is 12.7. The SMILES string of the molecule is CCCCCCCCCCCCCCCCCCCCCCCCCCCCCCCC/C=C/C(O)C(COC1OC(CO)C(O)C(O)C1O)NC(=O)CCCCCCCCCCCCCCCCCCCCCCCCCCCCCCC. The Morgan fingerprint density at radius 3 is 0.929 bits per heavy atom. The molecule has 1 amide bonds. The van der Waals surface area contributed by atoms with Gasteiger partial charge in [0, 0.05) is 6.42 Å². The standard InChI is InChI=1S/C75H147NO8/c1-3-5-7-9-11-13-15-17-19-21-23-25-27-29-31-33-34-35-37-38-40-42-44-46-48-50-52-54-56-58-60-62-64-69(78)68(67-83-75-74(82)73(81)72(80)70(66-77)84-75)76-71(79)65-63-61-59-57-55-53-51-49-47-45-43-41-39-36-32-30-28-26-24-22-20-18-16-14-12-10-8-6-4-2/h62,64,68-70,72-75,77-78,80-82H,3-61,63,65-67H2,1-2H3,(H,76,79)/b64-62+. The van der Waals surface area contributed by atoms with Crippen molar-refractivity contribution >= 4 is 5.91 Å². The molecule has 1 fully saturated rings. The third-order valence-corrected chi connectivity index (χ3v) is 18.6. The second-order valence-corrected chi connectivity index (χ2v) is 26.8. The molecule has 500 valence electrons. The minimum absolute atomic E-state index is 0.166. The van der Waals surface area contributed by atoms with E-state index in [0.29, 0.717) is 6.42 Å². The number of allylic oxidation sites excluding steroid dienone is 1. The predicted octanol–water partition coefficient (Wildman–Crippen LogP) is 21.0. The van der Waals surface area contributed by atoms with E-state index in [9.17, 15) is 30.3 Å². The molecule has 9 heteroatoms. The summed E-state index contributed by atoms with van der Waals surface area (Å²) in [5.74, 6) is -0.166. The highest BCUT2D eigenvalue weighted by Gasteiger charge is 2.44. The van der Waals surface area contributed by atoms with E-state index in [1.807, 2.05) is 6.08 Å². The van der Waals surface area contributed by atoms with Crippen molar-refractivity contribution in [3.05, 3.63) is 12.2 Å². The maximum Gasteiger partial charge on any atom is 0.220 e. The van der Waals surface area contributed by atoms with Crippen LogP contribution in [-0.4, -0.2) is 87.5 Å². The van der Waals surface area contributed by atoms with Crippen LogP contribution in [0, 0.1) is 0 Å². The molecule has 0 aromatic carbocycles. The number of carbonyl (C=O) groups is 1. The first-order chi connectivity index (χ1) is 41.3. The zero-order valence-corrected chi connectivity index (χ0v) is 56.2. The summed E-state index contributed by atoms with van der Waals surface area (Å²) in [4.78, 5) is 13.1. The molecule has 9 nitrogen and oxygen atoms in total. The van der Waals surface area contributed by atoms with Crippen molar-refractivity contribution in [2.45, 2.75) is 448 Å². The first-order valence-corrected chi connectivity index (χ1v) is 37.9. The maximum absolute atomic E-state index is 13.1. The van der Waals surface area contributed by atoms with Crippen LogP contribution in [0.4, 0.5) is 0 Å². The van der Waals surface area contributed by atoms with Crippen LogP contribution in [0.3, 0.4) is 0 Å². The molecule has 7 unspecified atom stereocenters. The minimum atomic E-state index is -1.56. The number of hydrogen-bond donors (Lipinski definition) is 6. The van der Waals surface area contributed by atoms with Gasteiger partial charge in [-0.05, 0) is 19.3 Å². The molecular weight excluding hydrogens is 1040 g/mol. The summed E-state index contributed by atoms with van der Waals surface area (Å²) >= 11 is 0. The van der Waals surface area contributed by atoms with Crippen LogP contribution in [0.15, 0.2) is 12.2 Å². The molecule has 0 aromatic heterocycles. The number of ether oxygens (including phenoxy) is 2. The van der Waals surface area contributed by atoms with Gasteiger partial charge in [0.05, 0.1) is 25.4 Å². The Morgan fingerprint density at radius 1 is 0.393 bits per heavy atom. The summed E-state index contributed by atoms with van der Waals surface area (Å²) in [6.45, 7) is 3.85. The van der Waals surface area contributed by atoms with Crippen molar-refractivity contribution in [2.75, 3.05) is 13.2 Å². The Bertz CT molecular complexity index is 1330. The van der Waals surface area contributed by atoms with Crippen LogP contribution < -0.4 is 5.32 Å². The fraction of sp³-hybridized carbons (Fsp3) is 0.960. The van der Waals surface area contributed by atoms with E-state index < -0.39 is 49.5 Å². The van der Waals surface area contributed by atoms with Crippen molar-refractivity contribution in [1.29, 1.82) is 0 Å². The molecule has 0 radical (unpaired) electrons. The van der Waals surface area contributed by atoms with Gasteiger partial charge in [-0.3, -0.25) is 4.79 Å². The molecular formula is C75H147NO8. The van der Waals surface area contributed by atoms with Gasteiger partial charge < -0.3 is 40.3 Å². The smallest absolute Gasteiger partial charge is 0.220 e. The van der Waals surface area contributed by atoms with Crippen LogP contribution in [0.2, 0.25) is 0 Å². The Morgan fingerprint density at radius 2 is 0.655 bits per heavy atom. The Kier molecular flexibility index (Phi) is 62.5. The number of carbonyl (C=O) groups excluding carboxylic acids is 1. The normalized spacial score (nSPS) is 18.1. The lowest BCUT2D eigenvalue weighted by Crippen LogP contribution is -2.60. The van der Waals surface area contributed by atoms with Crippen LogP contribution in [-0.2, 0) is 14.3 Å². The van der Waals surface area contributed by atoms with Crippen LogP contribution in [0.5, 0.6) is 0 Å². The number of aliphatic hydroxyl groups is 5. The summed E-state index contributed by atoms with van der Waals surface area (Å²) in [5, 5.41) is 54.9. The van der Waals surface area contributed by atoms with Crippen molar-refractivity contribution in [3.63, 3.8) is 0 Å². The first kappa shape index (κ1) is 80.9. The van der Waals surface area contributed by atoms with Gasteiger partial charge in [0.1, 0.15) is 24.4 Å². The quantitative estimate of drug-likeness (QED) is 0.0261. The van der Waals surface area contributed by atoms with Gasteiger partial charge in [0.25, 0.3) is 0 Å². The van der Waals surface area contributed by atoms with Crippen molar-refractivity contribution < 1.29 is 39.8 Å². The summed E-state index contributed by atoms with van der Waals surface area (Å²) in [5.41, 5.74) is 0. The zero-order chi connectivity index (χ0) is 60.7. The molecule has 0 aliphatic carbocycles. The number of nitrogens with one attached hydrogen (secondary N) is 1. The second kappa shape index (κ2) is 64.9. The van der Waals surface area contributed by atoms with E-state index in [-0.39, 0.29) is 12.5 Å². The van der Waals surface area contributed by atoms with E-state index in [1.54, 1.807) is 6.08 Å². The predicted molar refractivity (Wildman–Crippen MR) is 360 cm³/mol. The summed E-state index contributed by atoms with van der Waals surface area (Å²) in [6.07, 6.45) is 77.8. The van der Waals surface area contributed by atoms with Crippen LogP contribution in [0.25, 0.3) is 0 Å². The average molecular weight is 1190 g/mol. The first-order valence-electron chi connectivity index (χ1n) is 37.9. The topological polar surface area (TPSA) is 149 Å². The number of amides is 1. The molecule has 0 spiro atoms. The summed E-state index contributed by atoms with van der Waals surface area (Å²) in [7, 11) is 0. The van der Waals surface area contributed by atoms with Gasteiger partial charge in [-0.2, -0.15) is 0 Å². The molecule has 1 aliphatic rings. The molecule has 1 heterocycles. The van der Waals surface area contributed by atoms with Crippen LogP contribution >= 0.6 is 0 Å². The molecule has 0 saturated carbocycles. The highest BCUT2D eigenvalue weighted by molar-refractivity contribution is 5.76. The average Bonchev–Trinajstić information content (AvgIpc) is 3.69. The van der Waals surface area contributed by atoms with Gasteiger partial charge in [0.2, 0.25) is 5.91 Å². The van der Waals surface area contributed by atoms with Crippen molar-refractivity contribution in [3.8, 4) is 0 Å². The van der Waals surface area contributed by atoms with E-state index in [4.69, 9.17) is 9.47 Å². The fourth-order valence-electron chi connectivity index (χ4n) is 12.7. The molecule has 1 rings (SSSR count). The van der Waals surface area contributed by atoms with Gasteiger partial charge >= 0.3 is 0 Å². The van der Waals surface area contributed by atoms with Gasteiger partial charge in [0.15, 0.2) is 6.29 Å². The number of hydrogen-bond acceptors (Lipinski definition) is 8. The lowest BCUT2D eigenvalue weighted by molar-refractivity contribution is -0.302. The number of unbranched alkanes of at least 4 members (excludes halogenated alkanes) is 58. The summed E-state index contributed by atoms with van der Waals surface area (Å²) in [6, 6.07) is -0.803. The lowest BCUT2D eigenvalue weighted by Gasteiger charge is -2.40. The number of rotatable bonds is 68. The Hall–Kier alpha value is -1.07. The van der Waals surface area contributed by atoms with Crippen molar-refractivity contribution in [1.82, 2.24) is 5.32 Å². The van der Waals surface area contributed by atoms with Gasteiger partial charge in [-0.25, -0.2) is 0 Å². The molecule has 1 saturated heterocycles. The maximum atomic E-state index is 13.1. The third-order valence-electron chi connectivity index (χ3n) is 18.6. The third kappa shape index (κ3) is 52.8. The number of aliphatic hydroxyl groups excluding tert-OH is 5. The van der Waals surface area contributed by atoms with E-state index in [1.165, 1.54) is 347 Å². The largest absolute Gasteiger partial charge is 0.394 e. The highest BCUT2D eigenvalue weighted by atomic mass is 16.7. The molecule has 0 aromatic rings. The monoisotopic (exact) mass is 1190 g/mol.